The van der Waals surface area contributed by atoms with Crippen molar-refractivity contribution in [2.75, 3.05) is 7.05 Å². The molecule has 1 amide bonds. The summed E-state index contributed by atoms with van der Waals surface area (Å²) in [5, 5.41) is 12.6. The molecule has 1 aromatic heterocycles. The molecule has 2 aromatic rings. The fraction of sp³-hybridized carbons (Fsp3) is 0.286. The molecule has 21 heavy (non-hydrogen) atoms. The number of aryl methyl sites for hydroxylation is 1. The summed E-state index contributed by atoms with van der Waals surface area (Å²) in [6, 6.07) is 7.16. The van der Waals surface area contributed by atoms with E-state index >= 15 is 0 Å². The van der Waals surface area contributed by atoms with Crippen molar-refractivity contribution in [3.8, 4) is 6.07 Å². The molecule has 0 saturated heterocycles. The number of carbonyl (C=O) groups is 2. The minimum absolute atomic E-state index is 0.110. The summed E-state index contributed by atoms with van der Waals surface area (Å²) in [4.78, 5) is 27.7. The lowest BCUT2D eigenvalue weighted by atomic mass is 10.0. The zero-order valence-electron chi connectivity index (χ0n) is 11.2. The Bertz CT molecular complexity index is 735. The minimum atomic E-state index is -1.25. The number of ketones is 1. The summed E-state index contributed by atoms with van der Waals surface area (Å²) in [7, 11) is 1.40. The predicted octanol–water partition coefficient (Wildman–Crippen LogP) is 2.34. The summed E-state index contributed by atoms with van der Waals surface area (Å²) < 4.78 is 0.991. The summed E-state index contributed by atoms with van der Waals surface area (Å²) in [6.45, 7) is 0. The number of nitrogens with one attached hydrogen (secondary N) is 1. The first-order chi connectivity index (χ1) is 10.0. The van der Waals surface area contributed by atoms with Crippen LogP contribution in [-0.4, -0.2) is 23.7 Å². The van der Waals surface area contributed by atoms with Gasteiger partial charge in [0.15, 0.2) is 11.7 Å². The molecule has 7 heteroatoms. The van der Waals surface area contributed by atoms with E-state index in [9.17, 15) is 9.59 Å². The topological polar surface area (TPSA) is 82.9 Å². The number of nitrogens with zero attached hydrogens (tertiary/aromatic N) is 2. The molecule has 1 heterocycles. The highest BCUT2D eigenvalue weighted by Crippen LogP contribution is 2.25. The van der Waals surface area contributed by atoms with E-state index in [0.717, 1.165) is 15.2 Å². The Morgan fingerprint density at radius 2 is 2.29 bits per heavy atom. The molecule has 0 fully saturated rings. The molecule has 0 spiro atoms. The van der Waals surface area contributed by atoms with Crippen LogP contribution in [-0.2, 0) is 16.0 Å². The Morgan fingerprint density at radius 3 is 2.95 bits per heavy atom. The maximum atomic E-state index is 11.9. The minimum Gasteiger partial charge on any atom is -0.358 e. The van der Waals surface area contributed by atoms with E-state index < -0.39 is 17.6 Å². The molecular weight excluding hydrogens is 310 g/mol. The first kappa shape index (κ1) is 15.4. The molecule has 108 valence electrons. The zero-order chi connectivity index (χ0) is 15.4. The Morgan fingerprint density at radius 1 is 1.52 bits per heavy atom. The number of halogens is 1. The lowest BCUT2D eigenvalue weighted by Gasteiger charge is -2.05. The fourth-order valence-corrected chi connectivity index (χ4v) is 2.96. The second-order valence-corrected chi connectivity index (χ2v) is 5.91. The molecule has 0 aliphatic carbocycles. The smallest absolute Gasteiger partial charge is 0.244 e. The maximum Gasteiger partial charge on any atom is 0.244 e. The third kappa shape index (κ3) is 3.57. The van der Waals surface area contributed by atoms with Crippen LogP contribution in [0.15, 0.2) is 18.2 Å². The molecular formula is C14H12ClN3O2S. The predicted molar refractivity (Wildman–Crippen MR) is 81.1 cm³/mol. The number of amides is 1. The van der Waals surface area contributed by atoms with Crippen LogP contribution in [0.5, 0.6) is 0 Å². The van der Waals surface area contributed by atoms with Gasteiger partial charge in [-0.2, -0.15) is 5.26 Å². The van der Waals surface area contributed by atoms with Gasteiger partial charge in [-0.15, -0.1) is 11.3 Å². The summed E-state index contributed by atoms with van der Waals surface area (Å²) in [5.41, 5.74) is 0.790. The van der Waals surface area contributed by atoms with E-state index in [1.165, 1.54) is 18.4 Å². The molecule has 0 unspecified atom stereocenters. The number of thiazole rings is 1. The first-order valence-electron chi connectivity index (χ1n) is 6.24. The Hall–Kier alpha value is -1.97. The quantitative estimate of drug-likeness (QED) is 0.857. The number of Topliss-reactive ketones (excluding diaryl/α,β-unsaturated/α-hetero) is 1. The average Bonchev–Trinajstić information content (AvgIpc) is 2.87. The van der Waals surface area contributed by atoms with Crippen LogP contribution in [0.2, 0.25) is 5.02 Å². The number of carbonyl (C=O) groups excluding carboxylic acids is 2. The molecule has 0 saturated carbocycles. The van der Waals surface area contributed by atoms with Gasteiger partial charge in [-0.3, -0.25) is 9.59 Å². The van der Waals surface area contributed by atoms with Crippen molar-refractivity contribution in [3.63, 3.8) is 0 Å². The van der Waals surface area contributed by atoms with E-state index in [0.29, 0.717) is 11.4 Å². The number of fused-ring (bicyclic) bond motifs is 1. The lowest BCUT2D eigenvalue weighted by molar-refractivity contribution is -0.131. The van der Waals surface area contributed by atoms with E-state index in [2.05, 4.69) is 10.3 Å². The van der Waals surface area contributed by atoms with Crippen LogP contribution in [0.25, 0.3) is 10.2 Å². The molecule has 0 bridgehead atoms. The monoisotopic (exact) mass is 321 g/mol. The normalized spacial score (nSPS) is 11.9. The van der Waals surface area contributed by atoms with Crippen molar-refractivity contribution in [3.05, 3.63) is 28.2 Å². The number of nitriles is 1. The molecule has 1 atom stereocenters. The highest BCUT2D eigenvalue weighted by atomic mass is 35.5. The van der Waals surface area contributed by atoms with Gasteiger partial charge in [-0.1, -0.05) is 11.6 Å². The van der Waals surface area contributed by atoms with Crippen LogP contribution in [0, 0.1) is 17.2 Å². The second-order valence-electron chi connectivity index (χ2n) is 4.36. The zero-order valence-corrected chi connectivity index (χ0v) is 12.8. The second kappa shape index (κ2) is 6.66. The highest BCUT2D eigenvalue weighted by Gasteiger charge is 2.25. The molecule has 0 aliphatic rings. The van der Waals surface area contributed by atoms with Gasteiger partial charge in [0.2, 0.25) is 5.91 Å². The number of aromatic nitrogens is 1. The van der Waals surface area contributed by atoms with Crippen LogP contribution < -0.4 is 5.32 Å². The van der Waals surface area contributed by atoms with Gasteiger partial charge in [-0.25, -0.2) is 4.98 Å². The number of hydrogen-bond acceptors (Lipinski definition) is 5. The number of rotatable bonds is 5. The van der Waals surface area contributed by atoms with Gasteiger partial charge < -0.3 is 5.32 Å². The van der Waals surface area contributed by atoms with Gasteiger partial charge in [0.1, 0.15) is 0 Å². The summed E-state index contributed by atoms with van der Waals surface area (Å²) >= 11 is 7.37. The molecule has 1 aromatic carbocycles. The largest absolute Gasteiger partial charge is 0.358 e. The van der Waals surface area contributed by atoms with Crippen LogP contribution >= 0.6 is 22.9 Å². The van der Waals surface area contributed by atoms with Crippen molar-refractivity contribution in [1.29, 1.82) is 5.26 Å². The molecule has 2 rings (SSSR count). The van der Waals surface area contributed by atoms with Crippen LogP contribution in [0.4, 0.5) is 0 Å². The number of benzene rings is 1. The molecule has 0 aliphatic heterocycles. The van der Waals surface area contributed by atoms with E-state index in [4.69, 9.17) is 16.9 Å². The third-order valence-electron chi connectivity index (χ3n) is 2.94. The lowest BCUT2D eigenvalue weighted by Crippen LogP contribution is -2.32. The Labute approximate surface area is 130 Å². The van der Waals surface area contributed by atoms with Gasteiger partial charge in [0.25, 0.3) is 0 Å². The van der Waals surface area contributed by atoms with E-state index in [1.54, 1.807) is 18.2 Å². The molecule has 1 N–H and O–H groups in total. The SMILES string of the molecule is CNC(=O)[C@H](C#N)C(=O)CCc1nc2cc(Cl)ccc2s1. The van der Waals surface area contributed by atoms with Gasteiger partial charge >= 0.3 is 0 Å². The number of hydrogen-bond donors (Lipinski definition) is 1. The summed E-state index contributed by atoms with van der Waals surface area (Å²) in [5.74, 6) is -2.22. The van der Waals surface area contributed by atoms with Crippen LogP contribution in [0.1, 0.15) is 11.4 Å². The molecule has 0 radical (unpaired) electrons. The third-order valence-corrected chi connectivity index (χ3v) is 4.27. The van der Waals surface area contributed by atoms with Crippen molar-refractivity contribution >= 4 is 44.8 Å². The Balaban J connectivity index is 2.06. The average molecular weight is 322 g/mol. The van der Waals surface area contributed by atoms with Crippen LogP contribution in [0.3, 0.4) is 0 Å². The first-order valence-corrected chi connectivity index (χ1v) is 7.43. The van der Waals surface area contributed by atoms with E-state index in [1.807, 2.05) is 6.07 Å². The van der Waals surface area contributed by atoms with Crippen molar-refractivity contribution < 1.29 is 9.59 Å². The van der Waals surface area contributed by atoms with Gasteiger partial charge in [-0.05, 0) is 18.2 Å². The summed E-state index contributed by atoms with van der Waals surface area (Å²) in [6.07, 6.45) is 0.518. The van der Waals surface area contributed by atoms with Crippen molar-refractivity contribution in [1.82, 2.24) is 10.3 Å². The van der Waals surface area contributed by atoms with E-state index in [-0.39, 0.29) is 6.42 Å². The van der Waals surface area contributed by atoms with Gasteiger partial charge in [0.05, 0.1) is 21.3 Å². The maximum absolute atomic E-state index is 11.9. The highest BCUT2D eigenvalue weighted by molar-refractivity contribution is 7.18. The fourth-order valence-electron chi connectivity index (χ4n) is 1.85. The van der Waals surface area contributed by atoms with Gasteiger partial charge in [0, 0.05) is 24.9 Å². The molecule has 5 nitrogen and oxygen atoms in total. The van der Waals surface area contributed by atoms with Crippen molar-refractivity contribution in [2.45, 2.75) is 12.8 Å². The Kier molecular flexibility index (Phi) is 4.89. The van der Waals surface area contributed by atoms with Crippen molar-refractivity contribution in [2.24, 2.45) is 5.92 Å². The standard InChI is InChI=1S/C14H12ClN3O2S/c1-17-14(20)9(7-16)11(19)3-5-13-18-10-6-8(15)2-4-12(10)21-13/h2,4,6,9H,3,5H2,1H3,(H,17,20)/t9-/m1/s1.